The molecule has 0 aromatic carbocycles. The Morgan fingerprint density at radius 1 is 1.29 bits per heavy atom. The van der Waals surface area contributed by atoms with Crippen molar-refractivity contribution in [2.75, 3.05) is 6.54 Å². The average molecular weight is 284 g/mol. The number of carbonyl (C=O) groups excluding carboxylic acids is 1. The molecule has 2 aromatic heterocycles. The molecule has 0 fully saturated rings. The second kappa shape index (κ2) is 5.31. The Balaban J connectivity index is 1.77. The highest BCUT2D eigenvalue weighted by molar-refractivity contribution is 5.93. The molecule has 3 heterocycles. The van der Waals surface area contributed by atoms with Crippen molar-refractivity contribution in [3.63, 3.8) is 0 Å². The average Bonchev–Trinajstić information content (AvgIpc) is 2.82. The SMILES string of the molecule is CC1(C)CNC(=O)c2nc(CCc3ccccn3)[nH]c2C1. The van der Waals surface area contributed by atoms with Crippen molar-refractivity contribution < 1.29 is 4.79 Å². The fraction of sp³-hybridized carbons (Fsp3) is 0.438. The van der Waals surface area contributed by atoms with Gasteiger partial charge in [-0.1, -0.05) is 19.9 Å². The zero-order valence-electron chi connectivity index (χ0n) is 12.4. The molecular weight excluding hydrogens is 264 g/mol. The molecule has 1 aliphatic rings. The van der Waals surface area contributed by atoms with Gasteiger partial charge < -0.3 is 10.3 Å². The number of fused-ring (bicyclic) bond motifs is 1. The third kappa shape index (κ3) is 3.12. The number of aromatic amines is 1. The fourth-order valence-corrected chi connectivity index (χ4v) is 2.63. The summed E-state index contributed by atoms with van der Waals surface area (Å²) >= 11 is 0. The standard InChI is InChI=1S/C16H20N4O/c1-16(2)9-12-14(15(21)18-10-16)20-13(19-12)7-6-11-5-3-4-8-17-11/h3-5,8H,6-7,9-10H2,1-2H3,(H,18,21)(H,19,20). The van der Waals surface area contributed by atoms with Crippen LogP contribution in [0.25, 0.3) is 0 Å². The Labute approximate surface area is 124 Å². The van der Waals surface area contributed by atoms with Crippen molar-refractivity contribution in [3.05, 3.63) is 47.3 Å². The summed E-state index contributed by atoms with van der Waals surface area (Å²) in [5.41, 5.74) is 2.59. The van der Waals surface area contributed by atoms with E-state index >= 15 is 0 Å². The van der Waals surface area contributed by atoms with Crippen LogP contribution in [0.3, 0.4) is 0 Å². The monoisotopic (exact) mass is 284 g/mol. The van der Waals surface area contributed by atoms with Crippen molar-refractivity contribution in [1.29, 1.82) is 0 Å². The molecule has 2 aromatic rings. The highest BCUT2D eigenvalue weighted by Gasteiger charge is 2.29. The van der Waals surface area contributed by atoms with E-state index in [0.717, 1.165) is 36.5 Å². The number of H-pyrrole nitrogens is 1. The van der Waals surface area contributed by atoms with Gasteiger partial charge in [-0.25, -0.2) is 4.98 Å². The van der Waals surface area contributed by atoms with Crippen LogP contribution >= 0.6 is 0 Å². The van der Waals surface area contributed by atoms with Crippen molar-refractivity contribution in [1.82, 2.24) is 20.3 Å². The zero-order chi connectivity index (χ0) is 14.9. The molecule has 1 amide bonds. The van der Waals surface area contributed by atoms with E-state index in [1.54, 1.807) is 6.20 Å². The van der Waals surface area contributed by atoms with Gasteiger partial charge in [0.05, 0.1) is 0 Å². The van der Waals surface area contributed by atoms with Crippen LogP contribution in [0.15, 0.2) is 24.4 Å². The summed E-state index contributed by atoms with van der Waals surface area (Å²) in [5.74, 6) is 0.786. The Morgan fingerprint density at radius 2 is 2.14 bits per heavy atom. The predicted molar refractivity (Wildman–Crippen MR) is 80.1 cm³/mol. The van der Waals surface area contributed by atoms with E-state index < -0.39 is 0 Å². The molecule has 0 unspecified atom stereocenters. The molecule has 0 aliphatic carbocycles. The molecule has 0 saturated heterocycles. The van der Waals surface area contributed by atoms with Gasteiger partial charge in [-0.3, -0.25) is 9.78 Å². The maximum Gasteiger partial charge on any atom is 0.271 e. The minimum atomic E-state index is -0.0732. The molecule has 0 spiro atoms. The minimum Gasteiger partial charge on any atom is -0.350 e. The van der Waals surface area contributed by atoms with Crippen molar-refractivity contribution in [2.45, 2.75) is 33.1 Å². The fourth-order valence-electron chi connectivity index (χ4n) is 2.63. The minimum absolute atomic E-state index is 0.0473. The smallest absolute Gasteiger partial charge is 0.271 e. The van der Waals surface area contributed by atoms with Crippen molar-refractivity contribution in [3.8, 4) is 0 Å². The molecule has 0 atom stereocenters. The topological polar surface area (TPSA) is 70.7 Å². The largest absolute Gasteiger partial charge is 0.350 e. The molecule has 21 heavy (non-hydrogen) atoms. The number of nitrogens with zero attached hydrogens (tertiary/aromatic N) is 2. The molecule has 0 bridgehead atoms. The number of imidazole rings is 1. The van der Waals surface area contributed by atoms with Crippen LogP contribution in [0.2, 0.25) is 0 Å². The van der Waals surface area contributed by atoms with Crippen LogP contribution in [-0.2, 0) is 19.3 Å². The number of nitrogens with one attached hydrogen (secondary N) is 2. The van der Waals surface area contributed by atoms with Crippen LogP contribution in [0.1, 0.15) is 41.5 Å². The summed E-state index contributed by atoms with van der Waals surface area (Å²) in [5, 5.41) is 2.94. The second-order valence-electron chi connectivity index (χ2n) is 6.36. The number of aryl methyl sites for hydroxylation is 2. The van der Waals surface area contributed by atoms with E-state index in [1.807, 2.05) is 18.2 Å². The quantitative estimate of drug-likeness (QED) is 0.904. The van der Waals surface area contributed by atoms with E-state index in [2.05, 4.69) is 34.1 Å². The lowest BCUT2D eigenvalue weighted by Crippen LogP contribution is -2.32. The Bertz CT molecular complexity index is 646. The molecule has 1 aliphatic heterocycles. The summed E-state index contributed by atoms with van der Waals surface area (Å²) in [7, 11) is 0. The third-order valence-electron chi connectivity index (χ3n) is 3.77. The first-order chi connectivity index (χ1) is 10.0. The van der Waals surface area contributed by atoms with Crippen LogP contribution in [0, 0.1) is 5.41 Å². The summed E-state index contributed by atoms with van der Waals surface area (Å²) in [6, 6.07) is 5.89. The lowest BCUT2D eigenvalue weighted by molar-refractivity contribution is 0.0940. The number of amides is 1. The highest BCUT2D eigenvalue weighted by atomic mass is 16.1. The third-order valence-corrected chi connectivity index (χ3v) is 3.77. The number of aromatic nitrogens is 3. The van der Waals surface area contributed by atoms with E-state index in [9.17, 15) is 4.79 Å². The van der Waals surface area contributed by atoms with Crippen LogP contribution in [0.5, 0.6) is 0 Å². The van der Waals surface area contributed by atoms with Gasteiger partial charge in [0.15, 0.2) is 0 Å². The normalized spacial score (nSPS) is 17.0. The van der Waals surface area contributed by atoms with Gasteiger partial charge in [-0.15, -0.1) is 0 Å². The Kier molecular flexibility index (Phi) is 3.49. The van der Waals surface area contributed by atoms with Gasteiger partial charge in [-0.2, -0.15) is 0 Å². The summed E-state index contributed by atoms with van der Waals surface area (Å²) in [4.78, 5) is 24.2. The van der Waals surface area contributed by atoms with Crippen molar-refractivity contribution in [2.24, 2.45) is 5.41 Å². The Morgan fingerprint density at radius 3 is 2.90 bits per heavy atom. The Hall–Kier alpha value is -2.17. The van der Waals surface area contributed by atoms with Crippen LogP contribution in [-0.4, -0.2) is 27.4 Å². The molecule has 0 radical (unpaired) electrons. The number of hydrogen-bond donors (Lipinski definition) is 2. The molecule has 5 nitrogen and oxygen atoms in total. The van der Waals surface area contributed by atoms with Gasteiger partial charge in [0.1, 0.15) is 11.5 Å². The first kappa shape index (κ1) is 13.8. The van der Waals surface area contributed by atoms with Crippen LogP contribution in [0.4, 0.5) is 0 Å². The van der Waals surface area contributed by atoms with Gasteiger partial charge in [0, 0.05) is 30.6 Å². The molecule has 2 N–H and O–H groups in total. The number of pyridine rings is 1. The van der Waals surface area contributed by atoms with Gasteiger partial charge in [-0.05, 0) is 30.4 Å². The molecule has 110 valence electrons. The molecule has 0 saturated carbocycles. The highest BCUT2D eigenvalue weighted by Crippen LogP contribution is 2.25. The van der Waals surface area contributed by atoms with Gasteiger partial charge in [0.25, 0.3) is 5.91 Å². The summed E-state index contributed by atoms with van der Waals surface area (Å²) < 4.78 is 0. The predicted octanol–water partition coefficient (Wildman–Crippen LogP) is 1.90. The second-order valence-corrected chi connectivity index (χ2v) is 6.36. The van der Waals surface area contributed by atoms with E-state index in [0.29, 0.717) is 12.2 Å². The molecular formula is C16H20N4O. The first-order valence-electron chi connectivity index (χ1n) is 7.29. The summed E-state index contributed by atoms with van der Waals surface area (Å²) in [6.45, 7) is 4.98. The van der Waals surface area contributed by atoms with Gasteiger partial charge >= 0.3 is 0 Å². The van der Waals surface area contributed by atoms with Crippen molar-refractivity contribution >= 4 is 5.91 Å². The number of rotatable bonds is 3. The van der Waals surface area contributed by atoms with E-state index in [-0.39, 0.29) is 11.3 Å². The number of hydrogen-bond acceptors (Lipinski definition) is 3. The first-order valence-corrected chi connectivity index (χ1v) is 7.29. The van der Waals surface area contributed by atoms with Crippen LogP contribution < -0.4 is 5.32 Å². The summed E-state index contributed by atoms with van der Waals surface area (Å²) in [6.07, 6.45) is 4.20. The lowest BCUT2D eigenvalue weighted by Gasteiger charge is -2.21. The molecule has 3 rings (SSSR count). The lowest BCUT2D eigenvalue weighted by atomic mass is 9.88. The van der Waals surface area contributed by atoms with E-state index in [4.69, 9.17) is 0 Å². The maximum absolute atomic E-state index is 12.1. The number of carbonyl (C=O) groups is 1. The maximum atomic E-state index is 12.1. The molecule has 5 heteroatoms. The van der Waals surface area contributed by atoms with E-state index in [1.165, 1.54) is 0 Å². The zero-order valence-corrected chi connectivity index (χ0v) is 12.4. The van der Waals surface area contributed by atoms with Gasteiger partial charge in [0.2, 0.25) is 0 Å².